The Hall–Kier alpha value is -1.39. The van der Waals surface area contributed by atoms with Crippen molar-refractivity contribution in [3.8, 4) is 11.4 Å². The van der Waals surface area contributed by atoms with Gasteiger partial charge in [0.15, 0.2) is 5.82 Å². The Morgan fingerprint density at radius 3 is 2.47 bits per heavy atom. The van der Waals surface area contributed by atoms with Gasteiger partial charge in [-0.25, -0.2) is 4.98 Å². The van der Waals surface area contributed by atoms with Crippen LogP contribution in [0.4, 0.5) is 0 Å². The summed E-state index contributed by atoms with van der Waals surface area (Å²) in [6.45, 7) is 4.10. The lowest BCUT2D eigenvalue weighted by Crippen LogP contribution is -2.18. The average Bonchev–Trinajstić information content (AvgIpc) is 2.78. The molecule has 0 amide bonds. The molecule has 0 aliphatic heterocycles. The van der Waals surface area contributed by atoms with E-state index in [1.807, 2.05) is 24.3 Å². The second-order valence-electron chi connectivity index (χ2n) is 4.32. The van der Waals surface area contributed by atoms with Gasteiger partial charge in [0.1, 0.15) is 5.82 Å². The first-order chi connectivity index (χ1) is 8.08. The summed E-state index contributed by atoms with van der Waals surface area (Å²) in [5.74, 6) is 1.68. The van der Waals surface area contributed by atoms with Crippen molar-refractivity contribution < 1.29 is 0 Å². The SMILES string of the molecule is CC(C)C(N)c1nc(-c2ccc(Cl)cc2)n[nH]1. The van der Waals surface area contributed by atoms with E-state index in [4.69, 9.17) is 17.3 Å². The molecule has 1 heterocycles. The molecule has 0 aliphatic carbocycles. The Labute approximate surface area is 105 Å². The van der Waals surface area contributed by atoms with Crippen molar-refractivity contribution in [3.05, 3.63) is 35.1 Å². The van der Waals surface area contributed by atoms with Crippen LogP contribution in [-0.2, 0) is 0 Å². The molecule has 1 unspecified atom stereocenters. The number of nitrogens with one attached hydrogen (secondary N) is 1. The largest absolute Gasteiger partial charge is 0.321 e. The van der Waals surface area contributed by atoms with Gasteiger partial charge in [-0.05, 0) is 30.2 Å². The molecule has 0 spiro atoms. The van der Waals surface area contributed by atoms with Crippen molar-refractivity contribution in [2.24, 2.45) is 11.7 Å². The van der Waals surface area contributed by atoms with Crippen LogP contribution in [0.5, 0.6) is 0 Å². The van der Waals surface area contributed by atoms with Crippen molar-refractivity contribution in [1.82, 2.24) is 15.2 Å². The van der Waals surface area contributed by atoms with Crippen molar-refractivity contribution in [1.29, 1.82) is 0 Å². The summed E-state index contributed by atoms with van der Waals surface area (Å²) in [7, 11) is 0. The molecule has 0 fully saturated rings. The van der Waals surface area contributed by atoms with E-state index in [1.165, 1.54) is 0 Å². The number of benzene rings is 1. The van der Waals surface area contributed by atoms with Gasteiger partial charge in [0.2, 0.25) is 0 Å². The third-order valence-corrected chi connectivity index (χ3v) is 2.89. The predicted octanol–water partition coefficient (Wildman–Crippen LogP) is 2.78. The van der Waals surface area contributed by atoms with E-state index in [0.717, 1.165) is 5.56 Å². The van der Waals surface area contributed by atoms with Crippen LogP contribution in [0.1, 0.15) is 25.7 Å². The molecular weight excluding hydrogens is 236 g/mol. The Morgan fingerprint density at radius 2 is 1.88 bits per heavy atom. The van der Waals surface area contributed by atoms with E-state index < -0.39 is 0 Å². The summed E-state index contributed by atoms with van der Waals surface area (Å²) >= 11 is 5.83. The number of nitrogens with two attached hydrogens (primary N) is 1. The van der Waals surface area contributed by atoms with Crippen LogP contribution in [0.25, 0.3) is 11.4 Å². The number of nitrogens with zero attached hydrogens (tertiary/aromatic N) is 2. The zero-order chi connectivity index (χ0) is 12.4. The van der Waals surface area contributed by atoms with Crippen molar-refractivity contribution in [3.63, 3.8) is 0 Å². The van der Waals surface area contributed by atoms with E-state index in [1.54, 1.807) is 0 Å². The molecule has 0 saturated heterocycles. The molecule has 1 aromatic heterocycles. The van der Waals surface area contributed by atoms with Crippen LogP contribution < -0.4 is 5.73 Å². The highest BCUT2D eigenvalue weighted by Crippen LogP contribution is 2.20. The zero-order valence-corrected chi connectivity index (χ0v) is 10.6. The van der Waals surface area contributed by atoms with Crippen molar-refractivity contribution in [2.75, 3.05) is 0 Å². The third kappa shape index (κ3) is 2.65. The fraction of sp³-hybridized carbons (Fsp3) is 0.333. The van der Waals surface area contributed by atoms with Gasteiger partial charge in [0, 0.05) is 10.6 Å². The highest BCUT2D eigenvalue weighted by atomic mass is 35.5. The Morgan fingerprint density at radius 1 is 1.24 bits per heavy atom. The number of rotatable bonds is 3. The first-order valence-corrected chi connectivity index (χ1v) is 5.89. The van der Waals surface area contributed by atoms with Gasteiger partial charge in [0.05, 0.1) is 6.04 Å². The molecule has 90 valence electrons. The molecule has 1 atom stereocenters. The molecule has 3 N–H and O–H groups in total. The van der Waals surface area contributed by atoms with Crippen LogP contribution in [0.2, 0.25) is 5.02 Å². The third-order valence-electron chi connectivity index (χ3n) is 2.64. The second-order valence-corrected chi connectivity index (χ2v) is 4.76. The molecule has 4 nitrogen and oxygen atoms in total. The van der Waals surface area contributed by atoms with Crippen LogP contribution in [0.3, 0.4) is 0 Å². The minimum atomic E-state index is -0.122. The summed E-state index contributed by atoms with van der Waals surface area (Å²) in [5, 5.41) is 7.74. The van der Waals surface area contributed by atoms with Crippen LogP contribution in [0, 0.1) is 5.92 Å². The molecule has 0 aliphatic rings. The lowest BCUT2D eigenvalue weighted by molar-refractivity contribution is 0.492. The minimum Gasteiger partial charge on any atom is -0.321 e. The number of halogens is 1. The van der Waals surface area contributed by atoms with Gasteiger partial charge in [-0.15, -0.1) is 0 Å². The second kappa shape index (κ2) is 4.85. The summed E-state index contributed by atoms with van der Waals surface area (Å²) < 4.78 is 0. The van der Waals surface area contributed by atoms with Gasteiger partial charge in [0.25, 0.3) is 0 Å². The average molecular weight is 251 g/mol. The fourth-order valence-corrected chi connectivity index (χ4v) is 1.59. The zero-order valence-electron chi connectivity index (χ0n) is 9.81. The molecule has 1 aromatic carbocycles. The van der Waals surface area contributed by atoms with Crippen molar-refractivity contribution >= 4 is 11.6 Å². The van der Waals surface area contributed by atoms with Gasteiger partial charge in [-0.2, -0.15) is 5.10 Å². The number of hydrogen-bond donors (Lipinski definition) is 2. The van der Waals surface area contributed by atoms with Gasteiger partial charge in [-0.1, -0.05) is 25.4 Å². The standard InChI is InChI=1S/C12H15ClN4/c1-7(2)10(14)12-15-11(16-17-12)8-3-5-9(13)6-4-8/h3-7,10H,14H2,1-2H3,(H,15,16,17). The summed E-state index contributed by atoms with van der Waals surface area (Å²) in [6.07, 6.45) is 0. The predicted molar refractivity (Wildman–Crippen MR) is 68.6 cm³/mol. The first-order valence-electron chi connectivity index (χ1n) is 5.51. The maximum atomic E-state index is 6.00. The maximum absolute atomic E-state index is 6.00. The quantitative estimate of drug-likeness (QED) is 0.880. The monoisotopic (exact) mass is 250 g/mol. The summed E-state index contributed by atoms with van der Waals surface area (Å²) in [5.41, 5.74) is 6.92. The first kappa shape index (κ1) is 12.1. The molecule has 17 heavy (non-hydrogen) atoms. The van der Waals surface area contributed by atoms with E-state index in [0.29, 0.717) is 22.6 Å². The normalized spacial score (nSPS) is 13.0. The molecule has 5 heteroatoms. The van der Waals surface area contributed by atoms with Crippen LogP contribution in [0.15, 0.2) is 24.3 Å². The van der Waals surface area contributed by atoms with Crippen molar-refractivity contribution in [2.45, 2.75) is 19.9 Å². The smallest absolute Gasteiger partial charge is 0.181 e. The summed E-state index contributed by atoms with van der Waals surface area (Å²) in [4.78, 5) is 4.40. The van der Waals surface area contributed by atoms with Gasteiger partial charge in [-0.3, -0.25) is 5.10 Å². The molecular formula is C12H15ClN4. The molecule has 2 rings (SSSR count). The van der Waals surface area contributed by atoms with Crippen LogP contribution >= 0.6 is 11.6 Å². The molecule has 0 radical (unpaired) electrons. The maximum Gasteiger partial charge on any atom is 0.181 e. The summed E-state index contributed by atoms with van der Waals surface area (Å²) in [6, 6.07) is 7.28. The van der Waals surface area contributed by atoms with E-state index >= 15 is 0 Å². The number of aromatic nitrogens is 3. The Bertz CT molecular complexity index is 489. The lowest BCUT2D eigenvalue weighted by Gasteiger charge is -2.11. The van der Waals surface area contributed by atoms with Gasteiger partial charge >= 0.3 is 0 Å². The Kier molecular flexibility index (Phi) is 3.45. The van der Waals surface area contributed by atoms with E-state index in [-0.39, 0.29) is 6.04 Å². The fourth-order valence-electron chi connectivity index (χ4n) is 1.47. The number of hydrogen-bond acceptors (Lipinski definition) is 3. The van der Waals surface area contributed by atoms with E-state index in [9.17, 15) is 0 Å². The number of H-pyrrole nitrogens is 1. The highest BCUT2D eigenvalue weighted by molar-refractivity contribution is 6.30. The molecule has 0 saturated carbocycles. The minimum absolute atomic E-state index is 0.122. The molecule has 2 aromatic rings. The van der Waals surface area contributed by atoms with E-state index in [2.05, 4.69) is 29.0 Å². The topological polar surface area (TPSA) is 67.6 Å². The highest BCUT2D eigenvalue weighted by Gasteiger charge is 2.15. The lowest BCUT2D eigenvalue weighted by atomic mass is 10.1. The van der Waals surface area contributed by atoms with Gasteiger partial charge < -0.3 is 5.73 Å². The molecule has 0 bridgehead atoms. The Balaban J connectivity index is 2.26. The van der Waals surface area contributed by atoms with Crippen LogP contribution in [-0.4, -0.2) is 15.2 Å². The number of aromatic amines is 1.